The van der Waals surface area contributed by atoms with Crippen molar-refractivity contribution in [2.45, 2.75) is 31.8 Å². The first kappa shape index (κ1) is 17.0. The topological polar surface area (TPSA) is 105 Å². The van der Waals surface area contributed by atoms with Crippen molar-refractivity contribution in [2.75, 3.05) is 5.75 Å². The average molecular weight is 415 g/mol. The van der Waals surface area contributed by atoms with E-state index in [-0.39, 0.29) is 5.70 Å². The minimum atomic E-state index is -1.12. The van der Waals surface area contributed by atoms with E-state index in [0.29, 0.717) is 28.0 Å². The number of carboxylic acid groups (broad SMARTS) is 1. The fraction of sp³-hybridized carbons (Fsp3) is 0.429. The standard InChI is InChI=1S/C14H15BrN4O4S/c1-3-18-10(7(15)4-16-18)11(20)17-8-12(21)19-9(14(22)23)6(2)5-24-13(8)19/h4,8,13H,3,5H2,1-2H3,(H,17,20)(H,22,23)/t8-,13+/m0/s1. The van der Waals surface area contributed by atoms with Crippen molar-refractivity contribution in [2.24, 2.45) is 0 Å². The number of aryl methyl sites for hydroxylation is 1. The van der Waals surface area contributed by atoms with Crippen LogP contribution in [0.3, 0.4) is 0 Å². The average Bonchev–Trinajstić information content (AvgIpc) is 2.92. The Kier molecular flexibility index (Phi) is 4.43. The number of halogens is 1. The zero-order chi connectivity index (χ0) is 17.6. The Labute approximate surface area is 150 Å². The molecular formula is C14H15BrN4O4S. The molecule has 10 heteroatoms. The number of β-lactam (4-membered cyclic amide) rings is 1. The van der Waals surface area contributed by atoms with Gasteiger partial charge in [0.15, 0.2) is 0 Å². The maximum absolute atomic E-state index is 12.5. The van der Waals surface area contributed by atoms with E-state index in [0.717, 1.165) is 0 Å². The maximum atomic E-state index is 12.5. The number of thioether (sulfide) groups is 1. The summed E-state index contributed by atoms with van der Waals surface area (Å²) in [6.07, 6.45) is 1.53. The van der Waals surface area contributed by atoms with Gasteiger partial charge in [0.1, 0.15) is 22.8 Å². The molecule has 0 spiro atoms. The molecule has 2 aliphatic heterocycles. The predicted octanol–water partition coefficient (Wildman–Crippen LogP) is 1.04. The molecule has 3 rings (SSSR count). The maximum Gasteiger partial charge on any atom is 0.352 e. The fourth-order valence-electron chi connectivity index (χ4n) is 2.81. The van der Waals surface area contributed by atoms with Crippen LogP contribution in [0.15, 0.2) is 21.9 Å². The van der Waals surface area contributed by atoms with Gasteiger partial charge in [0.2, 0.25) is 0 Å². The van der Waals surface area contributed by atoms with Gasteiger partial charge in [0.25, 0.3) is 11.8 Å². The molecule has 1 fully saturated rings. The minimum absolute atomic E-state index is 0.0222. The van der Waals surface area contributed by atoms with Crippen LogP contribution >= 0.6 is 27.7 Å². The summed E-state index contributed by atoms with van der Waals surface area (Å²) >= 11 is 4.72. The third-order valence-corrected chi connectivity index (χ3v) is 5.96. The third kappa shape index (κ3) is 2.53. The molecule has 24 heavy (non-hydrogen) atoms. The van der Waals surface area contributed by atoms with Gasteiger partial charge in [-0.05, 0) is 35.4 Å². The molecular weight excluding hydrogens is 400 g/mol. The molecule has 2 aliphatic rings. The van der Waals surface area contributed by atoms with E-state index in [9.17, 15) is 19.5 Å². The lowest BCUT2D eigenvalue weighted by atomic mass is 10.0. The zero-order valence-corrected chi connectivity index (χ0v) is 15.3. The summed E-state index contributed by atoms with van der Waals surface area (Å²) in [5.74, 6) is -1.43. The fourth-order valence-corrected chi connectivity index (χ4v) is 4.58. The molecule has 0 unspecified atom stereocenters. The van der Waals surface area contributed by atoms with Crippen molar-refractivity contribution < 1.29 is 19.5 Å². The van der Waals surface area contributed by atoms with Crippen LogP contribution in [0.25, 0.3) is 0 Å². The molecule has 2 N–H and O–H groups in total. The first-order chi connectivity index (χ1) is 11.4. The number of rotatable bonds is 4. The van der Waals surface area contributed by atoms with E-state index in [1.807, 2.05) is 6.92 Å². The number of amides is 2. The number of hydrogen-bond acceptors (Lipinski definition) is 5. The van der Waals surface area contributed by atoms with E-state index < -0.39 is 29.2 Å². The van der Waals surface area contributed by atoms with E-state index in [2.05, 4.69) is 26.3 Å². The SMILES string of the molecule is CCn1ncc(Br)c1C(=O)N[C@H]1C(=O)N2C(C(=O)O)=C(C)CS[C@H]12. The number of carbonyl (C=O) groups excluding carboxylic acids is 2. The highest BCUT2D eigenvalue weighted by Crippen LogP contribution is 2.40. The summed E-state index contributed by atoms with van der Waals surface area (Å²) in [5, 5.41) is 15.7. The summed E-state index contributed by atoms with van der Waals surface area (Å²) in [7, 11) is 0. The van der Waals surface area contributed by atoms with Crippen LogP contribution in [-0.2, 0) is 16.1 Å². The van der Waals surface area contributed by atoms with Gasteiger partial charge >= 0.3 is 5.97 Å². The second-order valence-electron chi connectivity index (χ2n) is 5.45. The molecule has 0 saturated carbocycles. The van der Waals surface area contributed by atoms with Crippen LogP contribution in [-0.4, -0.2) is 54.7 Å². The van der Waals surface area contributed by atoms with Crippen molar-refractivity contribution in [1.29, 1.82) is 0 Å². The predicted molar refractivity (Wildman–Crippen MR) is 90.3 cm³/mol. The molecule has 1 saturated heterocycles. The van der Waals surface area contributed by atoms with E-state index in [1.54, 1.807) is 6.92 Å². The van der Waals surface area contributed by atoms with Gasteiger partial charge in [-0.1, -0.05) is 0 Å². The van der Waals surface area contributed by atoms with Gasteiger partial charge in [-0.25, -0.2) is 4.79 Å². The molecule has 0 aliphatic carbocycles. The van der Waals surface area contributed by atoms with Crippen LogP contribution in [0.4, 0.5) is 0 Å². The Bertz CT molecular complexity index is 775. The lowest BCUT2D eigenvalue weighted by Crippen LogP contribution is -2.70. The Hall–Kier alpha value is -1.81. The van der Waals surface area contributed by atoms with E-state index in [4.69, 9.17) is 0 Å². The van der Waals surface area contributed by atoms with E-state index >= 15 is 0 Å². The number of carboxylic acids is 1. The number of nitrogens with one attached hydrogen (secondary N) is 1. The normalized spacial score (nSPS) is 23.0. The first-order valence-electron chi connectivity index (χ1n) is 7.26. The summed E-state index contributed by atoms with van der Waals surface area (Å²) < 4.78 is 2.07. The lowest BCUT2D eigenvalue weighted by molar-refractivity contribution is -0.148. The van der Waals surface area contributed by atoms with Gasteiger partial charge in [0.05, 0.1) is 10.7 Å². The molecule has 3 heterocycles. The smallest absolute Gasteiger partial charge is 0.352 e. The number of nitrogens with zero attached hydrogens (tertiary/aromatic N) is 3. The van der Waals surface area contributed by atoms with Gasteiger partial charge < -0.3 is 10.4 Å². The van der Waals surface area contributed by atoms with Crippen molar-refractivity contribution in [3.05, 3.63) is 27.6 Å². The Morgan fingerprint density at radius 2 is 2.25 bits per heavy atom. The number of fused-ring (bicyclic) bond motifs is 1. The number of hydrogen-bond donors (Lipinski definition) is 2. The Morgan fingerprint density at radius 1 is 1.54 bits per heavy atom. The number of aliphatic carboxylic acids is 1. The molecule has 128 valence electrons. The Balaban J connectivity index is 1.79. The Morgan fingerprint density at radius 3 is 2.88 bits per heavy atom. The second-order valence-corrected chi connectivity index (χ2v) is 7.41. The summed E-state index contributed by atoms with van der Waals surface area (Å²) in [5.41, 5.74) is 1.01. The van der Waals surface area contributed by atoms with Crippen LogP contribution in [0, 0.1) is 0 Å². The van der Waals surface area contributed by atoms with Crippen LogP contribution in [0.2, 0.25) is 0 Å². The van der Waals surface area contributed by atoms with Gasteiger partial charge in [0, 0.05) is 12.3 Å². The summed E-state index contributed by atoms with van der Waals surface area (Å²) in [4.78, 5) is 37.5. The molecule has 2 amide bonds. The van der Waals surface area contributed by atoms with Crippen LogP contribution in [0.5, 0.6) is 0 Å². The molecule has 1 aromatic rings. The highest BCUT2D eigenvalue weighted by Gasteiger charge is 2.53. The second kappa shape index (κ2) is 6.25. The first-order valence-corrected chi connectivity index (χ1v) is 9.10. The quantitative estimate of drug-likeness (QED) is 0.713. The van der Waals surface area contributed by atoms with Crippen molar-refractivity contribution >= 4 is 45.5 Å². The van der Waals surface area contributed by atoms with Crippen molar-refractivity contribution in [3.63, 3.8) is 0 Å². The number of carbonyl (C=O) groups is 3. The summed E-state index contributed by atoms with van der Waals surface area (Å²) in [6, 6.07) is -0.739. The minimum Gasteiger partial charge on any atom is -0.477 e. The van der Waals surface area contributed by atoms with Gasteiger partial charge in [-0.2, -0.15) is 5.10 Å². The lowest BCUT2D eigenvalue weighted by Gasteiger charge is -2.49. The number of aromatic nitrogens is 2. The molecule has 0 bridgehead atoms. The molecule has 0 aromatic carbocycles. The van der Waals surface area contributed by atoms with Crippen LogP contribution in [0.1, 0.15) is 24.3 Å². The van der Waals surface area contributed by atoms with E-state index in [1.165, 1.54) is 27.5 Å². The molecule has 2 atom stereocenters. The third-order valence-electron chi connectivity index (χ3n) is 3.96. The summed E-state index contributed by atoms with van der Waals surface area (Å²) in [6.45, 7) is 4.07. The monoisotopic (exact) mass is 414 g/mol. The van der Waals surface area contributed by atoms with Crippen LogP contribution < -0.4 is 5.32 Å². The largest absolute Gasteiger partial charge is 0.477 e. The molecule has 8 nitrogen and oxygen atoms in total. The highest BCUT2D eigenvalue weighted by atomic mass is 79.9. The van der Waals surface area contributed by atoms with Crippen molar-refractivity contribution in [1.82, 2.24) is 20.0 Å². The molecule has 0 radical (unpaired) electrons. The molecule has 1 aromatic heterocycles. The zero-order valence-electron chi connectivity index (χ0n) is 12.9. The van der Waals surface area contributed by atoms with Gasteiger partial charge in [-0.15, -0.1) is 11.8 Å². The van der Waals surface area contributed by atoms with Gasteiger partial charge in [-0.3, -0.25) is 19.2 Å². The van der Waals surface area contributed by atoms with Crippen molar-refractivity contribution in [3.8, 4) is 0 Å². The highest BCUT2D eigenvalue weighted by molar-refractivity contribution is 9.10.